The van der Waals surface area contributed by atoms with Gasteiger partial charge in [-0.2, -0.15) is 0 Å². The fourth-order valence-electron chi connectivity index (χ4n) is 3.51. The number of amides is 1. The molecule has 0 spiro atoms. The first-order chi connectivity index (χ1) is 10.7. The average Bonchev–Trinajstić information content (AvgIpc) is 3.35. The fraction of sp³-hybridized carbons (Fsp3) is 0.611. The molecule has 1 aliphatic carbocycles. The van der Waals surface area contributed by atoms with Gasteiger partial charge in [-0.05, 0) is 62.4 Å². The van der Waals surface area contributed by atoms with Crippen LogP contribution in [0, 0.1) is 11.7 Å². The lowest BCUT2D eigenvalue weighted by Crippen LogP contribution is -2.45. The molecule has 0 aromatic heterocycles. The molecular weight excluding hydrogens is 279 g/mol. The summed E-state index contributed by atoms with van der Waals surface area (Å²) < 4.78 is 13.1. The molecule has 1 aliphatic heterocycles. The van der Waals surface area contributed by atoms with Crippen molar-refractivity contribution in [1.82, 2.24) is 10.2 Å². The third kappa shape index (κ3) is 3.02. The smallest absolute Gasteiger partial charge is 0.233 e. The molecule has 1 heterocycles. The predicted octanol–water partition coefficient (Wildman–Crippen LogP) is 2.71. The molecule has 4 heteroatoms. The van der Waals surface area contributed by atoms with Gasteiger partial charge in [-0.15, -0.1) is 0 Å². The molecule has 0 bridgehead atoms. The molecule has 1 aromatic rings. The number of nitrogens with one attached hydrogen (secondary N) is 1. The van der Waals surface area contributed by atoms with E-state index < -0.39 is 0 Å². The van der Waals surface area contributed by atoms with Gasteiger partial charge in [-0.25, -0.2) is 4.39 Å². The van der Waals surface area contributed by atoms with Crippen molar-refractivity contribution in [3.8, 4) is 0 Å². The van der Waals surface area contributed by atoms with Crippen LogP contribution in [0.1, 0.15) is 38.2 Å². The van der Waals surface area contributed by atoms with Gasteiger partial charge in [0.2, 0.25) is 5.91 Å². The van der Waals surface area contributed by atoms with E-state index in [1.807, 2.05) is 4.90 Å². The molecule has 1 amide bonds. The minimum atomic E-state index is -0.359. The van der Waals surface area contributed by atoms with E-state index in [1.165, 1.54) is 12.1 Å². The van der Waals surface area contributed by atoms with Crippen LogP contribution >= 0.6 is 0 Å². The number of halogens is 1. The summed E-state index contributed by atoms with van der Waals surface area (Å²) in [5.41, 5.74) is 0.621. The Hall–Kier alpha value is -1.42. The molecule has 0 unspecified atom stereocenters. The SMILES string of the molecule is CCNCC1CCN(C(=O)C2(c3ccc(F)cc3)CC2)CC1. The average molecular weight is 304 g/mol. The van der Waals surface area contributed by atoms with Gasteiger partial charge in [0.25, 0.3) is 0 Å². The Labute approximate surface area is 131 Å². The number of benzene rings is 1. The number of likely N-dealkylation sites (tertiary alicyclic amines) is 1. The van der Waals surface area contributed by atoms with Gasteiger partial charge in [0.05, 0.1) is 5.41 Å². The molecule has 3 rings (SSSR count). The zero-order chi connectivity index (χ0) is 15.6. The maximum Gasteiger partial charge on any atom is 0.233 e. The molecule has 2 fully saturated rings. The number of carbonyl (C=O) groups excluding carboxylic acids is 1. The second-order valence-corrected chi connectivity index (χ2v) is 6.63. The number of nitrogens with zero attached hydrogens (tertiary/aromatic N) is 1. The van der Waals surface area contributed by atoms with E-state index in [-0.39, 0.29) is 17.1 Å². The highest BCUT2D eigenvalue weighted by atomic mass is 19.1. The van der Waals surface area contributed by atoms with E-state index in [9.17, 15) is 9.18 Å². The Morgan fingerprint density at radius 2 is 1.91 bits per heavy atom. The molecule has 1 N–H and O–H groups in total. The van der Waals surface area contributed by atoms with Gasteiger partial charge >= 0.3 is 0 Å². The van der Waals surface area contributed by atoms with Gasteiger partial charge < -0.3 is 10.2 Å². The van der Waals surface area contributed by atoms with Crippen molar-refractivity contribution >= 4 is 5.91 Å². The Bertz CT molecular complexity index is 516. The molecular formula is C18H25FN2O. The van der Waals surface area contributed by atoms with E-state index in [0.717, 1.165) is 57.4 Å². The largest absolute Gasteiger partial charge is 0.342 e. The van der Waals surface area contributed by atoms with Crippen LogP contribution in [0.2, 0.25) is 0 Å². The standard InChI is InChI=1S/C18H25FN2O/c1-2-20-13-14-7-11-21(12-8-14)17(22)18(9-10-18)15-3-5-16(19)6-4-15/h3-6,14,20H,2,7-13H2,1H3. The number of piperidine rings is 1. The Balaban J connectivity index is 1.61. The van der Waals surface area contributed by atoms with Gasteiger partial charge in [-0.3, -0.25) is 4.79 Å². The number of hydrogen-bond acceptors (Lipinski definition) is 2. The predicted molar refractivity (Wildman–Crippen MR) is 85.2 cm³/mol. The summed E-state index contributed by atoms with van der Waals surface area (Å²) in [6.07, 6.45) is 3.96. The highest BCUT2D eigenvalue weighted by Gasteiger charge is 2.53. The van der Waals surface area contributed by atoms with Crippen LogP contribution in [0.25, 0.3) is 0 Å². The topological polar surface area (TPSA) is 32.3 Å². The lowest BCUT2D eigenvalue weighted by molar-refractivity contribution is -0.135. The second kappa shape index (κ2) is 6.37. The van der Waals surface area contributed by atoms with Crippen molar-refractivity contribution in [1.29, 1.82) is 0 Å². The minimum Gasteiger partial charge on any atom is -0.342 e. The molecule has 0 atom stereocenters. The molecule has 3 nitrogen and oxygen atoms in total. The van der Waals surface area contributed by atoms with Crippen molar-refractivity contribution in [3.05, 3.63) is 35.6 Å². The quantitative estimate of drug-likeness (QED) is 0.907. The van der Waals surface area contributed by atoms with Crippen LogP contribution in [0.4, 0.5) is 4.39 Å². The van der Waals surface area contributed by atoms with Crippen molar-refractivity contribution in [3.63, 3.8) is 0 Å². The normalized spacial score (nSPS) is 20.9. The number of rotatable bonds is 5. The lowest BCUT2D eigenvalue weighted by Gasteiger charge is -2.34. The van der Waals surface area contributed by atoms with E-state index >= 15 is 0 Å². The summed E-state index contributed by atoms with van der Waals surface area (Å²) in [6.45, 7) is 5.91. The molecule has 1 aromatic carbocycles. The van der Waals surface area contributed by atoms with Crippen LogP contribution in [-0.4, -0.2) is 37.0 Å². The van der Waals surface area contributed by atoms with Crippen LogP contribution in [0.15, 0.2) is 24.3 Å². The van der Waals surface area contributed by atoms with Crippen LogP contribution in [0.3, 0.4) is 0 Å². The summed E-state index contributed by atoms with van der Waals surface area (Å²) in [5, 5.41) is 3.40. The fourth-order valence-corrected chi connectivity index (χ4v) is 3.51. The molecule has 2 aliphatic rings. The van der Waals surface area contributed by atoms with E-state index in [0.29, 0.717) is 5.92 Å². The molecule has 22 heavy (non-hydrogen) atoms. The van der Waals surface area contributed by atoms with Crippen LogP contribution in [-0.2, 0) is 10.2 Å². The van der Waals surface area contributed by atoms with E-state index in [2.05, 4.69) is 12.2 Å². The number of hydrogen-bond donors (Lipinski definition) is 1. The highest BCUT2D eigenvalue weighted by Crippen LogP contribution is 2.50. The van der Waals surface area contributed by atoms with Gasteiger partial charge in [0.15, 0.2) is 0 Å². The highest BCUT2D eigenvalue weighted by molar-refractivity contribution is 5.91. The second-order valence-electron chi connectivity index (χ2n) is 6.63. The van der Waals surface area contributed by atoms with Crippen molar-refractivity contribution < 1.29 is 9.18 Å². The summed E-state index contributed by atoms with van der Waals surface area (Å²) in [5.74, 6) is 0.697. The first-order valence-electron chi connectivity index (χ1n) is 8.42. The Kier molecular flexibility index (Phi) is 4.48. The summed E-state index contributed by atoms with van der Waals surface area (Å²) >= 11 is 0. The van der Waals surface area contributed by atoms with Gasteiger partial charge in [0.1, 0.15) is 5.82 Å². The first kappa shape index (κ1) is 15.5. The monoisotopic (exact) mass is 304 g/mol. The van der Waals surface area contributed by atoms with Gasteiger partial charge in [-0.1, -0.05) is 19.1 Å². The van der Waals surface area contributed by atoms with E-state index in [4.69, 9.17) is 0 Å². The maximum atomic E-state index is 13.1. The summed E-state index contributed by atoms with van der Waals surface area (Å²) in [7, 11) is 0. The zero-order valence-electron chi connectivity index (χ0n) is 13.3. The van der Waals surface area contributed by atoms with Crippen molar-refractivity contribution in [2.45, 2.75) is 38.0 Å². The minimum absolute atomic E-state index is 0.240. The Morgan fingerprint density at radius 3 is 2.45 bits per heavy atom. The lowest BCUT2D eigenvalue weighted by atomic mass is 9.91. The van der Waals surface area contributed by atoms with Crippen molar-refractivity contribution in [2.24, 2.45) is 5.92 Å². The first-order valence-corrected chi connectivity index (χ1v) is 8.42. The van der Waals surface area contributed by atoms with Gasteiger partial charge in [0, 0.05) is 13.1 Å². The molecule has 0 radical (unpaired) electrons. The third-order valence-electron chi connectivity index (χ3n) is 5.14. The third-order valence-corrected chi connectivity index (χ3v) is 5.14. The van der Waals surface area contributed by atoms with E-state index in [1.54, 1.807) is 12.1 Å². The number of carbonyl (C=O) groups is 1. The zero-order valence-corrected chi connectivity index (χ0v) is 13.3. The van der Waals surface area contributed by atoms with Crippen LogP contribution in [0.5, 0.6) is 0 Å². The molecule has 120 valence electrons. The summed E-state index contributed by atoms with van der Waals surface area (Å²) in [6, 6.07) is 6.48. The maximum absolute atomic E-state index is 13.1. The Morgan fingerprint density at radius 1 is 1.27 bits per heavy atom. The van der Waals surface area contributed by atoms with Crippen LogP contribution < -0.4 is 5.32 Å². The molecule has 1 saturated carbocycles. The van der Waals surface area contributed by atoms with Crippen molar-refractivity contribution in [2.75, 3.05) is 26.2 Å². The molecule has 1 saturated heterocycles. The summed E-state index contributed by atoms with van der Waals surface area (Å²) in [4.78, 5) is 14.9.